The van der Waals surface area contributed by atoms with Crippen LogP contribution in [0.5, 0.6) is 5.75 Å². The minimum Gasteiger partial charge on any atom is -0.497 e. The lowest BCUT2D eigenvalue weighted by Gasteiger charge is -2.13. The number of nitrogens with one attached hydrogen (secondary N) is 2. The molecule has 1 heterocycles. The number of hydrogen-bond donors (Lipinski definition) is 2. The first kappa shape index (κ1) is 15.5. The molecule has 2 N–H and O–H groups in total. The molecule has 1 aromatic carbocycles. The Morgan fingerprint density at radius 2 is 1.86 bits per heavy atom. The van der Waals surface area contributed by atoms with E-state index in [1.807, 2.05) is 6.07 Å². The summed E-state index contributed by atoms with van der Waals surface area (Å²) in [5, 5.41) is 5.15. The topological polar surface area (TPSA) is 80.3 Å². The van der Waals surface area contributed by atoms with Crippen molar-refractivity contribution in [1.82, 2.24) is 10.3 Å². The number of amides is 2. The van der Waals surface area contributed by atoms with E-state index in [0.717, 1.165) is 5.56 Å². The summed E-state index contributed by atoms with van der Waals surface area (Å²) in [4.78, 5) is 27.7. The van der Waals surface area contributed by atoms with Gasteiger partial charge in [0, 0.05) is 18.1 Å². The van der Waals surface area contributed by atoms with Crippen molar-refractivity contribution in [3.05, 3.63) is 54.4 Å². The molecule has 0 aliphatic carbocycles. The number of carbonyl (C=O) groups excluding carboxylic acids is 2. The van der Waals surface area contributed by atoms with Crippen molar-refractivity contribution in [3.8, 4) is 5.75 Å². The van der Waals surface area contributed by atoms with Gasteiger partial charge in [-0.3, -0.25) is 14.6 Å². The second kappa shape index (κ2) is 7.21. The van der Waals surface area contributed by atoms with Crippen LogP contribution >= 0.6 is 0 Å². The summed E-state index contributed by atoms with van der Waals surface area (Å²) in [6.07, 6.45) is 3.29. The molecule has 0 aliphatic rings. The van der Waals surface area contributed by atoms with E-state index in [2.05, 4.69) is 15.6 Å². The SMILES string of the molecule is COc1ccc(NC(=O)C(=O)NC(C)c2cccnc2)cc1. The summed E-state index contributed by atoms with van der Waals surface area (Å²) in [5.74, 6) is -0.749. The van der Waals surface area contributed by atoms with Crippen LogP contribution in [0.25, 0.3) is 0 Å². The summed E-state index contributed by atoms with van der Waals surface area (Å²) in [5.41, 5.74) is 1.35. The number of benzene rings is 1. The van der Waals surface area contributed by atoms with Gasteiger partial charge in [0.2, 0.25) is 0 Å². The van der Waals surface area contributed by atoms with E-state index >= 15 is 0 Å². The van der Waals surface area contributed by atoms with Crippen LogP contribution in [0.1, 0.15) is 18.5 Å². The molecule has 2 amide bonds. The van der Waals surface area contributed by atoms with E-state index in [9.17, 15) is 9.59 Å². The quantitative estimate of drug-likeness (QED) is 0.845. The zero-order valence-electron chi connectivity index (χ0n) is 12.4. The molecule has 0 aliphatic heterocycles. The van der Waals surface area contributed by atoms with Crippen LogP contribution in [0.4, 0.5) is 5.69 Å². The van der Waals surface area contributed by atoms with E-state index in [1.54, 1.807) is 56.8 Å². The zero-order valence-corrected chi connectivity index (χ0v) is 12.4. The van der Waals surface area contributed by atoms with Crippen molar-refractivity contribution in [1.29, 1.82) is 0 Å². The third-order valence-electron chi connectivity index (χ3n) is 3.09. The number of hydrogen-bond acceptors (Lipinski definition) is 4. The largest absolute Gasteiger partial charge is 0.497 e. The summed E-state index contributed by atoms with van der Waals surface area (Å²) in [6, 6.07) is 10.0. The molecule has 0 fully saturated rings. The van der Waals surface area contributed by atoms with E-state index in [-0.39, 0.29) is 6.04 Å². The average Bonchev–Trinajstić information content (AvgIpc) is 2.56. The fourth-order valence-corrected chi connectivity index (χ4v) is 1.84. The van der Waals surface area contributed by atoms with Gasteiger partial charge in [0.25, 0.3) is 0 Å². The molecule has 6 nitrogen and oxygen atoms in total. The smallest absolute Gasteiger partial charge is 0.313 e. The molecule has 1 unspecified atom stereocenters. The molecule has 0 bridgehead atoms. The summed E-state index contributed by atoms with van der Waals surface area (Å²) >= 11 is 0. The van der Waals surface area contributed by atoms with Gasteiger partial charge < -0.3 is 15.4 Å². The highest BCUT2D eigenvalue weighted by Gasteiger charge is 2.17. The monoisotopic (exact) mass is 299 g/mol. The van der Waals surface area contributed by atoms with Gasteiger partial charge in [0.15, 0.2) is 0 Å². The van der Waals surface area contributed by atoms with Crippen LogP contribution in [0.3, 0.4) is 0 Å². The van der Waals surface area contributed by atoms with Crippen LogP contribution in [-0.4, -0.2) is 23.9 Å². The summed E-state index contributed by atoms with van der Waals surface area (Å²) in [6.45, 7) is 1.79. The molecule has 0 saturated heterocycles. The van der Waals surface area contributed by atoms with Crippen molar-refractivity contribution in [2.45, 2.75) is 13.0 Å². The van der Waals surface area contributed by atoms with Crippen LogP contribution in [0.15, 0.2) is 48.8 Å². The summed E-state index contributed by atoms with van der Waals surface area (Å²) < 4.78 is 5.03. The molecule has 2 aromatic rings. The Balaban J connectivity index is 1.93. The molecule has 2 rings (SSSR count). The number of pyridine rings is 1. The molecule has 0 spiro atoms. The Bertz CT molecular complexity index is 641. The maximum Gasteiger partial charge on any atom is 0.313 e. The van der Waals surface area contributed by atoms with Gasteiger partial charge in [-0.25, -0.2) is 0 Å². The normalized spacial score (nSPS) is 11.4. The van der Waals surface area contributed by atoms with Crippen LogP contribution in [0, 0.1) is 0 Å². The van der Waals surface area contributed by atoms with Crippen LogP contribution in [0.2, 0.25) is 0 Å². The first-order valence-electron chi connectivity index (χ1n) is 6.76. The van der Waals surface area contributed by atoms with Crippen molar-refractivity contribution in [2.24, 2.45) is 0 Å². The van der Waals surface area contributed by atoms with Gasteiger partial charge in [0.1, 0.15) is 5.75 Å². The second-order valence-corrected chi connectivity index (χ2v) is 4.66. The summed E-state index contributed by atoms with van der Waals surface area (Å²) in [7, 11) is 1.56. The minimum atomic E-state index is -0.721. The highest BCUT2D eigenvalue weighted by molar-refractivity contribution is 6.39. The molecule has 0 radical (unpaired) electrons. The third-order valence-corrected chi connectivity index (χ3v) is 3.09. The van der Waals surface area contributed by atoms with Gasteiger partial charge in [-0.1, -0.05) is 6.07 Å². The standard InChI is InChI=1S/C16H17N3O3/c1-11(12-4-3-9-17-10-12)18-15(20)16(21)19-13-5-7-14(22-2)8-6-13/h3-11H,1-2H3,(H,18,20)(H,19,21). The molecule has 1 aromatic heterocycles. The predicted octanol–water partition coefficient (Wildman–Crippen LogP) is 1.91. The highest BCUT2D eigenvalue weighted by atomic mass is 16.5. The molecular weight excluding hydrogens is 282 g/mol. The van der Waals surface area contributed by atoms with E-state index in [4.69, 9.17) is 4.74 Å². The molecule has 0 saturated carbocycles. The molecule has 114 valence electrons. The predicted molar refractivity (Wildman–Crippen MR) is 82.4 cm³/mol. The maximum atomic E-state index is 11.9. The van der Waals surface area contributed by atoms with E-state index in [1.165, 1.54) is 0 Å². The lowest BCUT2D eigenvalue weighted by atomic mass is 10.1. The van der Waals surface area contributed by atoms with Crippen molar-refractivity contribution >= 4 is 17.5 Å². The number of methoxy groups -OCH3 is 1. The van der Waals surface area contributed by atoms with Gasteiger partial charge in [-0.15, -0.1) is 0 Å². The van der Waals surface area contributed by atoms with E-state index < -0.39 is 11.8 Å². The van der Waals surface area contributed by atoms with Crippen LogP contribution in [-0.2, 0) is 9.59 Å². The second-order valence-electron chi connectivity index (χ2n) is 4.66. The molecule has 22 heavy (non-hydrogen) atoms. The lowest BCUT2D eigenvalue weighted by Crippen LogP contribution is -2.36. The number of ether oxygens (including phenoxy) is 1. The van der Waals surface area contributed by atoms with E-state index in [0.29, 0.717) is 11.4 Å². The fraction of sp³-hybridized carbons (Fsp3) is 0.188. The lowest BCUT2D eigenvalue weighted by molar-refractivity contribution is -0.136. The third kappa shape index (κ3) is 4.05. The maximum absolute atomic E-state index is 11.9. The molecular formula is C16H17N3O3. The number of nitrogens with zero attached hydrogens (tertiary/aromatic N) is 1. The molecule has 1 atom stereocenters. The number of aromatic nitrogens is 1. The zero-order chi connectivity index (χ0) is 15.9. The first-order chi connectivity index (χ1) is 10.6. The van der Waals surface area contributed by atoms with Crippen molar-refractivity contribution in [2.75, 3.05) is 12.4 Å². The number of carbonyl (C=O) groups is 2. The Labute approximate surface area is 128 Å². The minimum absolute atomic E-state index is 0.303. The molecule has 6 heteroatoms. The highest BCUT2D eigenvalue weighted by Crippen LogP contribution is 2.15. The van der Waals surface area contributed by atoms with Gasteiger partial charge in [-0.2, -0.15) is 0 Å². The van der Waals surface area contributed by atoms with Gasteiger partial charge >= 0.3 is 11.8 Å². The van der Waals surface area contributed by atoms with Gasteiger partial charge in [0.05, 0.1) is 13.2 Å². The fourth-order valence-electron chi connectivity index (χ4n) is 1.84. The average molecular weight is 299 g/mol. The Morgan fingerprint density at radius 1 is 1.14 bits per heavy atom. The van der Waals surface area contributed by atoms with Crippen molar-refractivity contribution in [3.63, 3.8) is 0 Å². The van der Waals surface area contributed by atoms with Crippen molar-refractivity contribution < 1.29 is 14.3 Å². The van der Waals surface area contributed by atoms with Crippen LogP contribution < -0.4 is 15.4 Å². The Kier molecular flexibility index (Phi) is 5.08. The van der Waals surface area contributed by atoms with Gasteiger partial charge in [-0.05, 0) is 42.8 Å². The number of rotatable bonds is 4. The Morgan fingerprint density at radius 3 is 2.45 bits per heavy atom. The first-order valence-corrected chi connectivity index (χ1v) is 6.76. The number of anilines is 1. The Hall–Kier alpha value is -2.89.